The Bertz CT molecular complexity index is 1240. The summed E-state index contributed by atoms with van der Waals surface area (Å²) in [6.45, 7) is 1.86. The molecule has 156 valence electrons. The molecular formula is C22H19FN6O2. The highest BCUT2D eigenvalue weighted by atomic mass is 19.1. The van der Waals surface area contributed by atoms with Crippen molar-refractivity contribution in [2.45, 2.75) is 0 Å². The number of carbonyl (C=O) groups is 1. The van der Waals surface area contributed by atoms with Crippen LogP contribution in [0.2, 0.25) is 0 Å². The van der Waals surface area contributed by atoms with Gasteiger partial charge in [0.2, 0.25) is 5.95 Å². The predicted octanol–water partition coefficient (Wildman–Crippen LogP) is 3.17. The van der Waals surface area contributed by atoms with Crippen LogP contribution in [-0.4, -0.2) is 56.6 Å². The molecule has 3 aromatic heterocycles. The van der Waals surface area contributed by atoms with Gasteiger partial charge in [0.15, 0.2) is 0 Å². The minimum Gasteiger partial charge on any atom is -0.378 e. The van der Waals surface area contributed by atoms with Crippen molar-refractivity contribution >= 4 is 28.6 Å². The van der Waals surface area contributed by atoms with E-state index < -0.39 is 5.82 Å². The highest BCUT2D eigenvalue weighted by molar-refractivity contribution is 5.95. The van der Waals surface area contributed by atoms with Crippen LogP contribution in [0.15, 0.2) is 61.2 Å². The summed E-state index contributed by atoms with van der Waals surface area (Å²) < 4.78 is 21.9. The van der Waals surface area contributed by atoms with Crippen molar-refractivity contribution in [3.63, 3.8) is 0 Å². The van der Waals surface area contributed by atoms with Crippen LogP contribution in [0.4, 0.5) is 16.0 Å². The van der Waals surface area contributed by atoms with Crippen LogP contribution in [0, 0.1) is 5.82 Å². The first-order valence-electron chi connectivity index (χ1n) is 9.87. The van der Waals surface area contributed by atoms with E-state index in [1.54, 1.807) is 40.3 Å². The van der Waals surface area contributed by atoms with Gasteiger partial charge in [0.25, 0.3) is 5.91 Å². The third-order valence-electron chi connectivity index (χ3n) is 5.10. The van der Waals surface area contributed by atoms with E-state index in [1.807, 2.05) is 18.2 Å². The van der Waals surface area contributed by atoms with Crippen LogP contribution < -0.4 is 5.32 Å². The average molecular weight is 418 g/mol. The van der Waals surface area contributed by atoms with E-state index in [4.69, 9.17) is 4.74 Å². The number of benzene rings is 1. The zero-order valence-corrected chi connectivity index (χ0v) is 16.5. The Kier molecular flexibility index (Phi) is 5.01. The Morgan fingerprint density at radius 1 is 1.13 bits per heavy atom. The Balaban J connectivity index is 1.45. The van der Waals surface area contributed by atoms with E-state index in [0.29, 0.717) is 43.6 Å². The van der Waals surface area contributed by atoms with Crippen LogP contribution in [0.1, 0.15) is 10.4 Å². The number of carbonyl (C=O) groups excluding carboxylic acids is 1. The average Bonchev–Trinajstić information content (AvgIpc) is 3.23. The van der Waals surface area contributed by atoms with Crippen molar-refractivity contribution in [1.29, 1.82) is 0 Å². The largest absolute Gasteiger partial charge is 0.378 e. The van der Waals surface area contributed by atoms with Gasteiger partial charge in [-0.25, -0.2) is 9.37 Å². The zero-order valence-electron chi connectivity index (χ0n) is 16.5. The van der Waals surface area contributed by atoms with Gasteiger partial charge in [-0.3, -0.25) is 9.78 Å². The standard InChI is InChI=1S/C22H19FN6O2/c23-19-12-17(3-4-18(19)21(30)28-8-10-31-11-9-28)29-7-5-15-13-25-22(27-20(15)29)26-16-2-1-6-24-14-16/h1-7,12-14H,8-11H2,(H,25,26,27). The molecule has 1 aromatic carbocycles. The van der Waals surface area contributed by atoms with E-state index in [0.717, 1.165) is 11.1 Å². The molecule has 0 aliphatic carbocycles. The van der Waals surface area contributed by atoms with Gasteiger partial charge in [-0.15, -0.1) is 0 Å². The lowest BCUT2D eigenvalue weighted by atomic mass is 10.1. The maximum atomic E-state index is 14.9. The number of fused-ring (bicyclic) bond motifs is 1. The van der Waals surface area contributed by atoms with Gasteiger partial charge in [0.1, 0.15) is 11.5 Å². The van der Waals surface area contributed by atoms with Gasteiger partial charge in [0, 0.05) is 42.8 Å². The van der Waals surface area contributed by atoms with Crippen molar-refractivity contribution in [2.24, 2.45) is 0 Å². The Labute approximate surface area is 177 Å². The fourth-order valence-electron chi connectivity index (χ4n) is 3.52. The predicted molar refractivity (Wildman–Crippen MR) is 113 cm³/mol. The first-order chi connectivity index (χ1) is 15.2. The van der Waals surface area contributed by atoms with Crippen LogP contribution >= 0.6 is 0 Å². The lowest BCUT2D eigenvalue weighted by molar-refractivity contribution is 0.0300. The van der Waals surface area contributed by atoms with Crippen molar-refractivity contribution in [3.8, 4) is 5.69 Å². The summed E-state index contributed by atoms with van der Waals surface area (Å²) >= 11 is 0. The number of ether oxygens (including phenoxy) is 1. The van der Waals surface area contributed by atoms with Gasteiger partial charge in [-0.2, -0.15) is 4.98 Å². The van der Waals surface area contributed by atoms with Gasteiger partial charge in [-0.1, -0.05) is 0 Å². The number of halogens is 1. The van der Waals surface area contributed by atoms with E-state index in [1.165, 1.54) is 12.1 Å². The topological polar surface area (TPSA) is 85.2 Å². The smallest absolute Gasteiger partial charge is 0.256 e. The molecule has 9 heteroatoms. The number of hydrogen-bond acceptors (Lipinski definition) is 6. The molecule has 0 spiro atoms. The molecular weight excluding hydrogens is 399 g/mol. The van der Waals surface area contributed by atoms with E-state index in [2.05, 4.69) is 20.3 Å². The second-order valence-corrected chi connectivity index (χ2v) is 7.09. The number of aromatic nitrogens is 4. The van der Waals surface area contributed by atoms with Gasteiger partial charge >= 0.3 is 0 Å². The molecule has 0 bridgehead atoms. The molecule has 0 saturated carbocycles. The first-order valence-corrected chi connectivity index (χ1v) is 9.87. The number of nitrogens with one attached hydrogen (secondary N) is 1. The molecule has 1 saturated heterocycles. The summed E-state index contributed by atoms with van der Waals surface area (Å²) in [5.74, 6) is -0.492. The normalized spacial score (nSPS) is 14.0. The van der Waals surface area contributed by atoms with Crippen LogP contribution in [-0.2, 0) is 4.74 Å². The Morgan fingerprint density at radius 2 is 2.00 bits per heavy atom. The number of rotatable bonds is 4. The molecule has 1 amide bonds. The zero-order chi connectivity index (χ0) is 21.2. The second-order valence-electron chi connectivity index (χ2n) is 7.09. The molecule has 0 unspecified atom stereocenters. The molecule has 1 aliphatic heterocycles. The van der Waals surface area contributed by atoms with Crippen LogP contribution in [0.25, 0.3) is 16.7 Å². The van der Waals surface area contributed by atoms with Gasteiger partial charge in [0.05, 0.1) is 30.7 Å². The quantitative estimate of drug-likeness (QED) is 0.548. The maximum Gasteiger partial charge on any atom is 0.256 e. The third kappa shape index (κ3) is 3.82. The summed E-state index contributed by atoms with van der Waals surface area (Å²) in [7, 11) is 0. The molecule has 1 N–H and O–H groups in total. The number of nitrogens with zero attached hydrogens (tertiary/aromatic N) is 5. The SMILES string of the molecule is O=C(c1ccc(-n2ccc3cnc(Nc4cccnc4)nc32)cc1F)N1CCOCC1. The molecule has 0 atom stereocenters. The molecule has 4 aromatic rings. The van der Waals surface area contributed by atoms with Crippen molar-refractivity contribution < 1.29 is 13.9 Å². The fraction of sp³-hybridized carbons (Fsp3) is 0.182. The van der Waals surface area contributed by atoms with Crippen molar-refractivity contribution in [3.05, 3.63) is 72.6 Å². The van der Waals surface area contributed by atoms with Crippen molar-refractivity contribution in [1.82, 2.24) is 24.4 Å². The molecule has 1 aliphatic rings. The lowest BCUT2D eigenvalue weighted by Crippen LogP contribution is -2.41. The maximum absolute atomic E-state index is 14.9. The summed E-state index contributed by atoms with van der Waals surface area (Å²) in [6, 6.07) is 10.1. The van der Waals surface area contributed by atoms with Gasteiger partial charge in [-0.05, 0) is 36.4 Å². The highest BCUT2D eigenvalue weighted by Crippen LogP contribution is 2.23. The molecule has 1 fully saturated rings. The molecule has 4 heterocycles. The summed E-state index contributed by atoms with van der Waals surface area (Å²) in [5, 5.41) is 3.91. The van der Waals surface area contributed by atoms with E-state index in [9.17, 15) is 9.18 Å². The van der Waals surface area contributed by atoms with E-state index in [-0.39, 0.29) is 11.5 Å². The lowest BCUT2D eigenvalue weighted by Gasteiger charge is -2.27. The second kappa shape index (κ2) is 8.11. The third-order valence-corrected chi connectivity index (χ3v) is 5.10. The molecule has 31 heavy (non-hydrogen) atoms. The minimum atomic E-state index is -0.571. The Hall–Kier alpha value is -3.85. The number of anilines is 2. The van der Waals surface area contributed by atoms with Crippen LogP contribution in [0.3, 0.4) is 0 Å². The van der Waals surface area contributed by atoms with Crippen molar-refractivity contribution in [2.75, 3.05) is 31.6 Å². The van der Waals surface area contributed by atoms with Crippen LogP contribution in [0.5, 0.6) is 0 Å². The molecule has 5 rings (SSSR count). The first kappa shape index (κ1) is 19.1. The Morgan fingerprint density at radius 3 is 2.77 bits per heavy atom. The molecule has 8 nitrogen and oxygen atoms in total. The summed E-state index contributed by atoms with van der Waals surface area (Å²) in [5.41, 5.74) is 2.00. The summed E-state index contributed by atoms with van der Waals surface area (Å²) in [4.78, 5) is 27.2. The van der Waals surface area contributed by atoms with Gasteiger partial charge < -0.3 is 19.5 Å². The number of amides is 1. The van der Waals surface area contributed by atoms with E-state index >= 15 is 0 Å². The monoisotopic (exact) mass is 418 g/mol. The molecule has 0 radical (unpaired) electrons. The minimum absolute atomic E-state index is 0.0515. The highest BCUT2D eigenvalue weighted by Gasteiger charge is 2.22. The number of hydrogen-bond donors (Lipinski definition) is 1. The number of morpholine rings is 1. The number of pyridine rings is 1. The fourth-order valence-corrected chi connectivity index (χ4v) is 3.52. The summed E-state index contributed by atoms with van der Waals surface area (Å²) in [6.07, 6.45) is 6.85.